The Kier molecular flexibility index (Phi) is 5.31. The number of rotatable bonds is 2. The Labute approximate surface area is 184 Å². The van der Waals surface area contributed by atoms with Gasteiger partial charge in [-0.15, -0.1) is 0 Å². The lowest BCUT2D eigenvalue weighted by molar-refractivity contribution is -0.138. The molecule has 1 spiro atoms. The molecule has 1 N–H and O–H groups in total. The van der Waals surface area contributed by atoms with E-state index in [1.54, 1.807) is 6.20 Å². The van der Waals surface area contributed by atoms with E-state index < -0.39 is 0 Å². The highest BCUT2D eigenvalue weighted by atomic mass is 16.2. The summed E-state index contributed by atoms with van der Waals surface area (Å²) in [5.41, 5.74) is 2.88. The zero-order valence-corrected chi connectivity index (χ0v) is 18.3. The molecule has 1 amide bonds. The Hall–Kier alpha value is -2.65. The number of nitriles is 1. The third-order valence-electron chi connectivity index (χ3n) is 7.94. The lowest BCUT2D eigenvalue weighted by atomic mass is 9.71. The predicted molar refractivity (Wildman–Crippen MR) is 122 cm³/mol. The van der Waals surface area contributed by atoms with E-state index >= 15 is 0 Å². The zero-order chi connectivity index (χ0) is 21.4. The van der Waals surface area contributed by atoms with Crippen LogP contribution in [0, 0.1) is 28.6 Å². The SMILES string of the molecule is CC1CN(c2ccc(C#N)c3ncccc23)CC1C(=O)N1CCC2(CCNCC2)CC1. The Bertz CT molecular complexity index is 1010. The predicted octanol–water partition coefficient (Wildman–Crippen LogP) is 3.17. The van der Waals surface area contributed by atoms with Gasteiger partial charge in [0, 0.05) is 43.4 Å². The number of amides is 1. The van der Waals surface area contributed by atoms with E-state index in [0.717, 1.165) is 68.7 Å². The van der Waals surface area contributed by atoms with Crippen LogP contribution < -0.4 is 10.2 Å². The minimum Gasteiger partial charge on any atom is -0.370 e. The van der Waals surface area contributed by atoms with Gasteiger partial charge in [0.05, 0.1) is 17.0 Å². The van der Waals surface area contributed by atoms with Crippen LogP contribution in [0.1, 0.15) is 38.2 Å². The average Bonchev–Trinajstić information content (AvgIpc) is 3.20. The summed E-state index contributed by atoms with van der Waals surface area (Å²) in [5, 5.41) is 13.9. The smallest absolute Gasteiger partial charge is 0.227 e. The number of benzene rings is 1. The summed E-state index contributed by atoms with van der Waals surface area (Å²) >= 11 is 0. The molecule has 6 heteroatoms. The van der Waals surface area contributed by atoms with E-state index in [4.69, 9.17) is 0 Å². The summed E-state index contributed by atoms with van der Waals surface area (Å²) in [6, 6.07) is 10.1. The van der Waals surface area contributed by atoms with Crippen molar-refractivity contribution in [1.82, 2.24) is 15.2 Å². The molecule has 3 aliphatic rings. The Morgan fingerprint density at radius 1 is 1.16 bits per heavy atom. The van der Waals surface area contributed by atoms with Crippen LogP contribution in [-0.2, 0) is 4.79 Å². The van der Waals surface area contributed by atoms with Crippen molar-refractivity contribution in [3.8, 4) is 6.07 Å². The van der Waals surface area contributed by atoms with Crippen molar-refractivity contribution in [1.29, 1.82) is 5.26 Å². The maximum Gasteiger partial charge on any atom is 0.227 e. The fourth-order valence-electron chi connectivity index (χ4n) is 5.90. The third-order valence-corrected chi connectivity index (χ3v) is 7.94. The molecular formula is C25H31N5O. The molecule has 0 bridgehead atoms. The molecule has 1 aromatic carbocycles. The minimum absolute atomic E-state index is 0.0319. The first-order chi connectivity index (χ1) is 15.1. The van der Waals surface area contributed by atoms with Crippen molar-refractivity contribution in [2.24, 2.45) is 17.3 Å². The second-order valence-electron chi connectivity index (χ2n) is 9.71. The fraction of sp³-hybridized carbons (Fsp3) is 0.560. The molecule has 0 radical (unpaired) electrons. The molecule has 3 aliphatic heterocycles. The summed E-state index contributed by atoms with van der Waals surface area (Å²) in [7, 11) is 0. The number of carbonyl (C=O) groups is 1. The molecule has 31 heavy (non-hydrogen) atoms. The number of pyridine rings is 1. The van der Waals surface area contributed by atoms with Crippen LogP contribution in [0.4, 0.5) is 5.69 Å². The van der Waals surface area contributed by atoms with Gasteiger partial charge in [-0.3, -0.25) is 9.78 Å². The van der Waals surface area contributed by atoms with Gasteiger partial charge in [-0.05, 0) is 74.4 Å². The molecule has 0 aliphatic carbocycles. The summed E-state index contributed by atoms with van der Waals surface area (Å²) in [6.07, 6.45) is 6.54. The first kappa shape index (κ1) is 20.3. The van der Waals surface area contributed by atoms with Gasteiger partial charge in [-0.1, -0.05) is 6.92 Å². The molecule has 3 saturated heterocycles. The second-order valence-corrected chi connectivity index (χ2v) is 9.71. The van der Waals surface area contributed by atoms with Crippen molar-refractivity contribution < 1.29 is 4.79 Å². The summed E-state index contributed by atoms with van der Waals surface area (Å²) in [5.74, 6) is 0.670. The second kappa shape index (κ2) is 8.12. The van der Waals surface area contributed by atoms with Crippen LogP contribution in [0.25, 0.3) is 10.9 Å². The van der Waals surface area contributed by atoms with Gasteiger partial charge in [0.25, 0.3) is 0 Å². The highest BCUT2D eigenvalue weighted by Gasteiger charge is 2.41. The van der Waals surface area contributed by atoms with Gasteiger partial charge in [-0.2, -0.15) is 5.26 Å². The van der Waals surface area contributed by atoms with E-state index in [1.165, 1.54) is 12.8 Å². The Balaban J connectivity index is 1.31. The van der Waals surface area contributed by atoms with Gasteiger partial charge in [-0.25, -0.2) is 0 Å². The zero-order valence-electron chi connectivity index (χ0n) is 18.3. The van der Waals surface area contributed by atoms with Crippen molar-refractivity contribution in [2.45, 2.75) is 32.6 Å². The van der Waals surface area contributed by atoms with Crippen LogP contribution in [0.3, 0.4) is 0 Å². The van der Waals surface area contributed by atoms with Gasteiger partial charge >= 0.3 is 0 Å². The Morgan fingerprint density at radius 2 is 1.94 bits per heavy atom. The molecule has 4 heterocycles. The van der Waals surface area contributed by atoms with Crippen LogP contribution >= 0.6 is 0 Å². The third kappa shape index (κ3) is 3.65. The van der Waals surface area contributed by atoms with Crippen molar-refractivity contribution in [3.63, 3.8) is 0 Å². The van der Waals surface area contributed by atoms with E-state index in [1.807, 2.05) is 24.3 Å². The van der Waals surface area contributed by atoms with Crippen molar-refractivity contribution in [3.05, 3.63) is 36.0 Å². The topological polar surface area (TPSA) is 72.3 Å². The first-order valence-electron chi connectivity index (χ1n) is 11.6. The number of anilines is 1. The van der Waals surface area contributed by atoms with Gasteiger partial charge in [0.2, 0.25) is 5.91 Å². The molecule has 2 unspecified atom stereocenters. The fourth-order valence-corrected chi connectivity index (χ4v) is 5.90. The normalized spacial score (nSPS) is 25.7. The lowest BCUT2D eigenvalue weighted by Gasteiger charge is -2.45. The molecule has 2 aromatic rings. The standard InChI is InChI=1S/C25H31N5O/c1-18-16-30(22-5-4-19(15-26)23-20(22)3-2-10-28-23)17-21(18)24(31)29-13-8-25(9-14-29)6-11-27-12-7-25/h2-5,10,18,21,27H,6-9,11-14,16-17H2,1H3. The number of hydrogen-bond donors (Lipinski definition) is 1. The van der Waals surface area contributed by atoms with Crippen LogP contribution in [0.15, 0.2) is 30.5 Å². The quantitative estimate of drug-likeness (QED) is 0.813. The molecule has 6 nitrogen and oxygen atoms in total. The number of fused-ring (bicyclic) bond motifs is 1. The minimum atomic E-state index is 0.0319. The molecule has 1 aromatic heterocycles. The molecule has 2 atom stereocenters. The van der Waals surface area contributed by atoms with Crippen LogP contribution in [-0.4, -0.2) is 55.1 Å². The number of carbonyl (C=O) groups excluding carboxylic acids is 1. The van der Waals surface area contributed by atoms with Gasteiger partial charge < -0.3 is 15.1 Å². The average molecular weight is 418 g/mol. The summed E-state index contributed by atoms with van der Waals surface area (Å²) < 4.78 is 0. The number of nitrogens with zero attached hydrogens (tertiary/aromatic N) is 4. The van der Waals surface area contributed by atoms with E-state index in [2.05, 4.69) is 33.1 Å². The lowest BCUT2D eigenvalue weighted by Crippen LogP contribution is -2.49. The number of aromatic nitrogens is 1. The van der Waals surface area contributed by atoms with E-state index in [9.17, 15) is 10.1 Å². The van der Waals surface area contributed by atoms with E-state index in [-0.39, 0.29) is 5.92 Å². The highest BCUT2D eigenvalue weighted by molar-refractivity contribution is 5.95. The molecule has 3 fully saturated rings. The number of piperidine rings is 2. The van der Waals surface area contributed by atoms with Crippen molar-refractivity contribution in [2.75, 3.05) is 44.2 Å². The van der Waals surface area contributed by atoms with Crippen LogP contribution in [0.5, 0.6) is 0 Å². The number of hydrogen-bond acceptors (Lipinski definition) is 5. The highest BCUT2D eigenvalue weighted by Crippen LogP contribution is 2.41. The molecule has 162 valence electrons. The van der Waals surface area contributed by atoms with Gasteiger partial charge in [0.15, 0.2) is 0 Å². The maximum absolute atomic E-state index is 13.5. The number of nitrogens with one attached hydrogen (secondary N) is 1. The largest absolute Gasteiger partial charge is 0.370 e. The maximum atomic E-state index is 13.5. The summed E-state index contributed by atoms with van der Waals surface area (Å²) in [4.78, 5) is 22.3. The number of likely N-dealkylation sites (tertiary alicyclic amines) is 1. The molecule has 5 rings (SSSR count). The van der Waals surface area contributed by atoms with Crippen LogP contribution in [0.2, 0.25) is 0 Å². The first-order valence-corrected chi connectivity index (χ1v) is 11.6. The molecule has 0 saturated carbocycles. The van der Waals surface area contributed by atoms with Gasteiger partial charge in [0.1, 0.15) is 6.07 Å². The molecular weight excluding hydrogens is 386 g/mol. The van der Waals surface area contributed by atoms with Crippen molar-refractivity contribution >= 4 is 22.5 Å². The summed E-state index contributed by atoms with van der Waals surface area (Å²) in [6.45, 7) is 7.85. The Morgan fingerprint density at radius 3 is 2.68 bits per heavy atom. The monoisotopic (exact) mass is 417 g/mol. The van der Waals surface area contributed by atoms with E-state index in [0.29, 0.717) is 22.8 Å².